The van der Waals surface area contributed by atoms with Gasteiger partial charge in [-0.2, -0.15) is 0 Å². The molecule has 0 bridgehead atoms. The molecule has 1 aliphatic heterocycles. The molecule has 1 aliphatic rings. The maximum atomic E-state index is 12.9. The molecule has 180 valence electrons. The van der Waals surface area contributed by atoms with Crippen LogP contribution in [0.25, 0.3) is 10.6 Å². The van der Waals surface area contributed by atoms with E-state index in [-0.39, 0.29) is 5.91 Å². The lowest BCUT2D eigenvalue weighted by atomic mass is 10.1. The number of aryl methyl sites for hydroxylation is 1. The van der Waals surface area contributed by atoms with E-state index in [4.69, 9.17) is 9.47 Å². The van der Waals surface area contributed by atoms with Crippen LogP contribution in [0, 0.1) is 6.92 Å². The van der Waals surface area contributed by atoms with Gasteiger partial charge >= 0.3 is 0 Å². The number of nitrogens with one attached hydrogen (secondary N) is 1. The van der Waals surface area contributed by atoms with Gasteiger partial charge in [0.05, 0.1) is 19.9 Å². The first-order valence-corrected chi connectivity index (χ1v) is 12.2. The molecule has 1 amide bonds. The van der Waals surface area contributed by atoms with Gasteiger partial charge in [0.2, 0.25) is 0 Å². The third kappa shape index (κ3) is 5.75. The minimum atomic E-state index is -0.105. The number of carbonyl (C=O) groups is 1. The maximum absolute atomic E-state index is 12.9. The van der Waals surface area contributed by atoms with Crippen LogP contribution in [-0.4, -0.2) is 68.1 Å². The second-order valence-electron chi connectivity index (χ2n) is 8.59. The first-order chi connectivity index (χ1) is 16.5. The quantitative estimate of drug-likeness (QED) is 0.529. The molecule has 0 saturated carbocycles. The third-order valence-corrected chi connectivity index (χ3v) is 7.29. The molecule has 0 radical (unpaired) electrons. The number of hydrogen-bond acceptors (Lipinski definition) is 7. The van der Waals surface area contributed by atoms with Crippen molar-refractivity contribution in [3.05, 3.63) is 64.2 Å². The Morgan fingerprint density at radius 2 is 1.76 bits per heavy atom. The average molecular weight is 481 g/mol. The molecule has 1 saturated heterocycles. The van der Waals surface area contributed by atoms with E-state index in [2.05, 4.69) is 51.4 Å². The van der Waals surface area contributed by atoms with Gasteiger partial charge in [0.25, 0.3) is 5.91 Å². The van der Waals surface area contributed by atoms with Crippen molar-refractivity contribution in [2.24, 2.45) is 0 Å². The lowest BCUT2D eigenvalue weighted by Crippen LogP contribution is -2.43. The Hall–Kier alpha value is -2.94. The van der Waals surface area contributed by atoms with E-state index in [0.717, 1.165) is 54.6 Å². The Balaban J connectivity index is 1.40. The first-order valence-electron chi connectivity index (χ1n) is 11.4. The molecule has 3 aromatic rings. The van der Waals surface area contributed by atoms with Crippen molar-refractivity contribution in [1.29, 1.82) is 0 Å². The molecule has 0 aliphatic carbocycles. The summed E-state index contributed by atoms with van der Waals surface area (Å²) in [4.78, 5) is 23.0. The normalized spacial score (nSPS) is 14.7. The number of likely N-dealkylation sites (N-methyl/N-ethyl adjacent to an activating group) is 1. The van der Waals surface area contributed by atoms with E-state index < -0.39 is 0 Å². The minimum absolute atomic E-state index is 0.105. The van der Waals surface area contributed by atoms with Crippen molar-refractivity contribution in [2.75, 3.05) is 47.4 Å². The van der Waals surface area contributed by atoms with Crippen molar-refractivity contribution < 1.29 is 14.3 Å². The lowest BCUT2D eigenvalue weighted by Gasteiger charge is -2.32. The van der Waals surface area contributed by atoms with Crippen LogP contribution in [0.5, 0.6) is 11.5 Å². The van der Waals surface area contributed by atoms with Gasteiger partial charge in [0, 0.05) is 44.8 Å². The van der Waals surface area contributed by atoms with Crippen LogP contribution in [0.3, 0.4) is 0 Å². The van der Waals surface area contributed by atoms with Crippen molar-refractivity contribution >= 4 is 17.2 Å². The molecule has 0 atom stereocenters. The smallest absolute Gasteiger partial charge is 0.263 e. The van der Waals surface area contributed by atoms with Crippen LogP contribution in [0.4, 0.5) is 0 Å². The van der Waals surface area contributed by atoms with Crippen molar-refractivity contribution in [3.63, 3.8) is 0 Å². The van der Waals surface area contributed by atoms with Crippen LogP contribution in [0.1, 0.15) is 26.5 Å². The number of ether oxygens (including phenoxy) is 2. The van der Waals surface area contributed by atoms with Crippen LogP contribution in [-0.2, 0) is 13.1 Å². The molecular weight excluding hydrogens is 448 g/mol. The van der Waals surface area contributed by atoms with Crippen molar-refractivity contribution in [3.8, 4) is 22.1 Å². The molecule has 0 spiro atoms. The summed E-state index contributed by atoms with van der Waals surface area (Å²) in [5.41, 5.74) is 3.99. The first kappa shape index (κ1) is 24.2. The highest BCUT2D eigenvalue weighted by Crippen LogP contribution is 2.35. The topological polar surface area (TPSA) is 66.9 Å². The molecule has 1 fully saturated rings. The molecule has 0 unspecified atom stereocenters. The molecule has 34 heavy (non-hydrogen) atoms. The summed E-state index contributed by atoms with van der Waals surface area (Å²) in [6, 6.07) is 14.1. The highest BCUT2D eigenvalue weighted by atomic mass is 32.1. The minimum Gasteiger partial charge on any atom is -0.493 e. The van der Waals surface area contributed by atoms with Crippen LogP contribution < -0.4 is 14.8 Å². The zero-order valence-electron chi connectivity index (χ0n) is 20.3. The van der Waals surface area contributed by atoms with Gasteiger partial charge in [-0.3, -0.25) is 9.69 Å². The number of thiazole rings is 1. The molecular formula is C26H32N4O3S. The zero-order valence-corrected chi connectivity index (χ0v) is 21.1. The van der Waals surface area contributed by atoms with E-state index >= 15 is 0 Å². The summed E-state index contributed by atoms with van der Waals surface area (Å²) in [6.07, 6.45) is 0. The number of methoxy groups -OCH3 is 2. The second-order valence-corrected chi connectivity index (χ2v) is 9.58. The largest absolute Gasteiger partial charge is 0.493 e. The average Bonchev–Trinajstić information content (AvgIpc) is 3.25. The maximum Gasteiger partial charge on any atom is 0.263 e. The number of aromatic nitrogens is 1. The number of nitrogens with zero attached hydrogens (tertiary/aromatic N) is 3. The molecule has 2 heterocycles. The number of benzene rings is 2. The van der Waals surface area contributed by atoms with Gasteiger partial charge < -0.3 is 19.7 Å². The second kappa shape index (κ2) is 11.0. The summed E-state index contributed by atoms with van der Waals surface area (Å²) in [5.74, 6) is 1.19. The van der Waals surface area contributed by atoms with Gasteiger partial charge in [-0.25, -0.2) is 4.98 Å². The van der Waals surface area contributed by atoms with Crippen LogP contribution >= 0.6 is 11.3 Å². The molecule has 1 N–H and O–H groups in total. The Labute approximate surface area is 205 Å². The molecule has 7 nitrogen and oxygen atoms in total. The predicted molar refractivity (Wildman–Crippen MR) is 136 cm³/mol. The van der Waals surface area contributed by atoms with Crippen molar-refractivity contribution in [2.45, 2.75) is 20.0 Å². The number of carbonyl (C=O) groups excluding carboxylic acids is 1. The van der Waals surface area contributed by atoms with Gasteiger partial charge in [-0.1, -0.05) is 24.3 Å². The lowest BCUT2D eigenvalue weighted by molar-refractivity contribution is 0.0954. The monoisotopic (exact) mass is 480 g/mol. The SMILES string of the molecule is COc1ccc(-c2nc(C)c(C(=O)NCc3cccc(CN4CCN(C)CC4)c3)s2)cc1OC. The van der Waals surface area contributed by atoms with Gasteiger partial charge in [0.1, 0.15) is 9.88 Å². The Morgan fingerprint density at radius 3 is 2.50 bits per heavy atom. The summed E-state index contributed by atoms with van der Waals surface area (Å²) in [7, 11) is 5.38. The van der Waals surface area contributed by atoms with Gasteiger partial charge in [-0.15, -0.1) is 11.3 Å². The zero-order chi connectivity index (χ0) is 24.1. The fraction of sp³-hybridized carbons (Fsp3) is 0.385. The van der Waals surface area contributed by atoms with E-state index in [1.54, 1.807) is 14.2 Å². The highest BCUT2D eigenvalue weighted by Gasteiger charge is 2.18. The highest BCUT2D eigenvalue weighted by molar-refractivity contribution is 7.17. The summed E-state index contributed by atoms with van der Waals surface area (Å²) in [6.45, 7) is 7.68. The summed E-state index contributed by atoms with van der Waals surface area (Å²) < 4.78 is 10.7. The predicted octanol–water partition coefficient (Wildman–Crippen LogP) is 3.81. The fourth-order valence-corrected chi connectivity index (χ4v) is 5.04. The number of piperazine rings is 1. The molecule has 8 heteroatoms. The number of hydrogen-bond donors (Lipinski definition) is 1. The Bertz CT molecular complexity index is 1140. The third-order valence-electron chi connectivity index (χ3n) is 6.08. The standard InChI is InChI=1S/C26H32N4O3S/c1-18-24(34-26(28-18)21-8-9-22(32-3)23(15-21)33-4)25(31)27-16-19-6-5-7-20(14-19)17-30-12-10-29(2)11-13-30/h5-9,14-15H,10-13,16-17H2,1-4H3,(H,27,31). The van der Waals surface area contributed by atoms with Gasteiger partial charge in [-0.05, 0) is 43.3 Å². The Morgan fingerprint density at radius 1 is 1.03 bits per heavy atom. The molecule has 4 rings (SSSR count). The van der Waals surface area contributed by atoms with Crippen LogP contribution in [0.15, 0.2) is 42.5 Å². The summed E-state index contributed by atoms with van der Waals surface area (Å²) in [5, 5.41) is 3.84. The number of amides is 1. The van der Waals surface area contributed by atoms with E-state index in [9.17, 15) is 4.79 Å². The fourth-order valence-electron chi connectivity index (χ4n) is 4.06. The Kier molecular flexibility index (Phi) is 7.82. The van der Waals surface area contributed by atoms with E-state index in [1.165, 1.54) is 16.9 Å². The van der Waals surface area contributed by atoms with Crippen molar-refractivity contribution in [1.82, 2.24) is 20.1 Å². The van der Waals surface area contributed by atoms with E-state index in [0.29, 0.717) is 22.9 Å². The summed E-state index contributed by atoms with van der Waals surface area (Å²) >= 11 is 1.38. The van der Waals surface area contributed by atoms with E-state index in [1.807, 2.05) is 25.1 Å². The van der Waals surface area contributed by atoms with Gasteiger partial charge in [0.15, 0.2) is 11.5 Å². The number of rotatable bonds is 8. The molecule has 2 aromatic carbocycles. The molecule has 1 aromatic heterocycles. The van der Waals surface area contributed by atoms with Crippen LogP contribution in [0.2, 0.25) is 0 Å².